The van der Waals surface area contributed by atoms with E-state index in [0.717, 1.165) is 39.0 Å². The average Bonchev–Trinajstić information content (AvgIpc) is 3.29. The van der Waals surface area contributed by atoms with Gasteiger partial charge in [-0.3, -0.25) is 9.59 Å². The van der Waals surface area contributed by atoms with Crippen LogP contribution in [-0.2, 0) is 38.4 Å². The number of hydrogen-bond donors (Lipinski definition) is 3. The van der Waals surface area contributed by atoms with Gasteiger partial charge in [-0.15, -0.1) is 0 Å². The van der Waals surface area contributed by atoms with Crippen molar-refractivity contribution in [3.8, 4) is 5.75 Å². The largest absolute Gasteiger partial charge is 0.497 e. The minimum atomic E-state index is -0.955. The lowest BCUT2D eigenvalue weighted by Gasteiger charge is -2.22. The molecular formula is C31H33N3O5. The Kier molecular flexibility index (Phi) is 8.99. The van der Waals surface area contributed by atoms with E-state index < -0.39 is 24.0 Å². The lowest BCUT2D eigenvalue weighted by Crippen LogP contribution is -2.53. The molecule has 0 aliphatic rings. The van der Waals surface area contributed by atoms with Crippen molar-refractivity contribution in [2.24, 2.45) is 0 Å². The first kappa shape index (κ1) is 27.4. The average molecular weight is 528 g/mol. The zero-order chi connectivity index (χ0) is 27.8. The van der Waals surface area contributed by atoms with Crippen molar-refractivity contribution in [2.45, 2.75) is 38.3 Å². The molecular weight excluding hydrogens is 494 g/mol. The van der Waals surface area contributed by atoms with E-state index in [2.05, 4.69) is 15.6 Å². The molecule has 2 atom stereocenters. The summed E-state index contributed by atoms with van der Waals surface area (Å²) in [6.07, 6.45) is 1.10. The molecule has 2 amide bonds. The maximum Gasteiger partial charge on any atom is 0.328 e. The molecule has 4 aromatic rings. The molecule has 8 nitrogen and oxygen atoms in total. The molecule has 0 radical (unpaired) electrons. The number of hydrogen-bond acceptors (Lipinski definition) is 5. The van der Waals surface area contributed by atoms with Crippen molar-refractivity contribution in [3.63, 3.8) is 0 Å². The fourth-order valence-corrected chi connectivity index (χ4v) is 4.70. The number of carbonyl (C=O) groups excluding carboxylic acids is 3. The minimum Gasteiger partial charge on any atom is -0.497 e. The molecule has 0 saturated carbocycles. The summed E-state index contributed by atoms with van der Waals surface area (Å²) in [7, 11) is 2.92. The van der Waals surface area contributed by atoms with Gasteiger partial charge in [0, 0.05) is 42.8 Å². The van der Waals surface area contributed by atoms with Crippen LogP contribution in [-0.4, -0.2) is 49.1 Å². The summed E-state index contributed by atoms with van der Waals surface area (Å²) < 4.78 is 10.3. The first-order chi connectivity index (χ1) is 18.9. The maximum atomic E-state index is 13.4. The predicted molar refractivity (Wildman–Crippen MR) is 150 cm³/mol. The summed E-state index contributed by atoms with van der Waals surface area (Å²) in [6.45, 7) is 1.36. The Bertz CT molecular complexity index is 1430. The second-order valence-corrected chi connectivity index (χ2v) is 9.38. The number of fused-ring (bicyclic) bond motifs is 1. The van der Waals surface area contributed by atoms with E-state index >= 15 is 0 Å². The van der Waals surface area contributed by atoms with E-state index in [-0.39, 0.29) is 18.7 Å². The van der Waals surface area contributed by atoms with E-state index in [4.69, 9.17) is 9.47 Å². The van der Waals surface area contributed by atoms with Crippen molar-refractivity contribution in [3.05, 3.63) is 101 Å². The molecule has 0 fully saturated rings. The Balaban J connectivity index is 1.62. The van der Waals surface area contributed by atoms with Gasteiger partial charge in [-0.2, -0.15) is 0 Å². The molecule has 0 bridgehead atoms. The number of para-hydroxylation sites is 1. The number of rotatable bonds is 11. The number of carbonyl (C=O) groups is 3. The summed E-state index contributed by atoms with van der Waals surface area (Å²) in [6, 6.07) is 23.3. The number of amides is 2. The highest BCUT2D eigenvalue weighted by molar-refractivity contribution is 5.91. The first-order valence-electron chi connectivity index (χ1n) is 12.8. The van der Waals surface area contributed by atoms with Gasteiger partial charge in [0.05, 0.1) is 14.2 Å². The van der Waals surface area contributed by atoms with Crippen LogP contribution in [0.5, 0.6) is 5.75 Å². The molecule has 0 unspecified atom stereocenters. The zero-order valence-corrected chi connectivity index (χ0v) is 22.3. The van der Waals surface area contributed by atoms with Crippen LogP contribution in [0.15, 0.2) is 78.9 Å². The fourth-order valence-electron chi connectivity index (χ4n) is 4.70. The Morgan fingerprint density at radius 3 is 2.15 bits per heavy atom. The molecule has 0 spiro atoms. The van der Waals surface area contributed by atoms with Gasteiger partial charge < -0.3 is 25.1 Å². The Morgan fingerprint density at radius 2 is 1.49 bits per heavy atom. The van der Waals surface area contributed by atoms with E-state index in [1.54, 1.807) is 7.11 Å². The van der Waals surface area contributed by atoms with Crippen LogP contribution in [0.25, 0.3) is 10.9 Å². The molecule has 1 heterocycles. The number of H-pyrrole nitrogens is 1. The van der Waals surface area contributed by atoms with E-state index in [9.17, 15) is 14.4 Å². The summed E-state index contributed by atoms with van der Waals surface area (Å²) in [5.41, 5.74) is 4.74. The lowest BCUT2D eigenvalue weighted by atomic mass is 9.98. The summed E-state index contributed by atoms with van der Waals surface area (Å²) in [4.78, 5) is 41.7. The van der Waals surface area contributed by atoms with Gasteiger partial charge in [0.15, 0.2) is 0 Å². The highest BCUT2D eigenvalue weighted by atomic mass is 16.5. The van der Waals surface area contributed by atoms with Crippen LogP contribution in [0.4, 0.5) is 0 Å². The number of aromatic nitrogens is 1. The monoisotopic (exact) mass is 527 g/mol. The Morgan fingerprint density at radius 1 is 0.795 bits per heavy atom. The van der Waals surface area contributed by atoms with Crippen molar-refractivity contribution < 1.29 is 23.9 Å². The van der Waals surface area contributed by atoms with E-state index in [1.165, 1.54) is 14.0 Å². The number of benzene rings is 3. The van der Waals surface area contributed by atoms with Crippen LogP contribution in [0, 0.1) is 0 Å². The number of nitrogens with one attached hydrogen (secondary N) is 3. The Labute approximate surface area is 227 Å². The molecule has 202 valence electrons. The summed E-state index contributed by atoms with van der Waals surface area (Å²) in [5, 5.41) is 6.52. The van der Waals surface area contributed by atoms with Gasteiger partial charge in [-0.25, -0.2) is 4.79 Å². The van der Waals surface area contributed by atoms with Crippen LogP contribution in [0.2, 0.25) is 0 Å². The molecule has 0 aliphatic heterocycles. The summed E-state index contributed by atoms with van der Waals surface area (Å²) in [5.74, 6) is -0.585. The molecule has 0 saturated heterocycles. The SMILES string of the molecule is COC(=O)[C@H](Cc1c(Cc2ccc(OC)cc2)[nH]c2ccccc12)NC(=O)[C@H](Cc1ccccc1)NC(C)=O. The smallest absolute Gasteiger partial charge is 0.328 e. The molecule has 4 rings (SSSR count). The quantitative estimate of drug-likeness (QED) is 0.258. The van der Waals surface area contributed by atoms with Crippen molar-refractivity contribution in [2.75, 3.05) is 14.2 Å². The molecule has 1 aromatic heterocycles. The third-order valence-electron chi connectivity index (χ3n) is 6.63. The van der Waals surface area contributed by atoms with Crippen LogP contribution in [0.1, 0.15) is 29.3 Å². The Hall–Kier alpha value is -4.59. The van der Waals surface area contributed by atoms with Gasteiger partial charge >= 0.3 is 5.97 Å². The van der Waals surface area contributed by atoms with Crippen LogP contribution in [0.3, 0.4) is 0 Å². The van der Waals surface area contributed by atoms with Gasteiger partial charge in [0.1, 0.15) is 17.8 Å². The normalized spacial score (nSPS) is 12.4. The van der Waals surface area contributed by atoms with Gasteiger partial charge in [0.25, 0.3) is 0 Å². The number of esters is 1. The molecule has 0 aliphatic carbocycles. The number of aromatic amines is 1. The van der Waals surface area contributed by atoms with Crippen molar-refractivity contribution >= 4 is 28.7 Å². The maximum absolute atomic E-state index is 13.4. The summed E-state index contributed by atoms with van der Waals surface area (Å²) >= 11 is 0. The number of ether oxygens (including phenoxy) is 2. The van der Waals surface area contributed by atoms with Gasteiger partial charge in [-0.1, -0.05) is 60.7 Å². The predicted octanol–water partition coefficient (Wildman–Crippen LogP) is 3.72. The van der Waals surface area contributed by atoms with Crippen LogP contribution >= 0.6 is 0 Å². The fraction of sp³-hybridized carbons (Fsp3) is 0.258. The molecule has 8 heteroatoms. The topological polar surface area (TPSA) is 110 Å². The van der Waals surface area contributed by atoms with Crippen LogP contribution < -0.4 is 15.4 Å². The zero-order valence-electron chi connectivity index (χ0n) is 22.3. The van der Waals surface area contributed by atoms with Crippen molar-refractivity contribution in [1.29, 1.82) is 0 Å². The first-order valence-corrected chi connectivity index (χ1v) is 12.8. The van der Waals surface area contributed by atoms with E-state index in [0.29, 0.717) is 6.42 Å². The second-order valence-electron chi connectivity index (χ2n) is 9.38. The molecule has 3 N–H and O–H groups in total. The third-order valence-corrected chi connectivity index (χ3v) is 6.63. The van der Waals surface area contributed by atoms with Crippen molar-refractivity contribution in [1.82, 2.24) is 15.6 Å². The number of methoxy groups -OCH3 is 2. The van der Waals surface area contributed by atoms with Gasteiger partial charge in [0.2, 0.25) is 11.8 Å². The standard InChI is InChI=1S/C31H33N3O5/c1-20(35)32-28(18-21-9-5-4-6-10-21)30(36)34-29(31(37)39-3)19-25-24-11-7-8-12-26(24)33-27(25)17-22-13-15-23(38-2)16-14-22/h4-16,28-29,33H,17-19H2,1-3H3,(H,32,35)(H,34,36)/t28-,29-/m0/s1. The third kappa shape index (κ3) is 7.04. The van der Waals surface area contributed by atoms with E-state index in [1.807, 2.05) is 78.9 Å². The highest BCUT2D eigenvalue weighted by Crippen LogP contribution is 2.27. The molecule has 39 heavy (non-hydrogen) atoms. The minimum absolute atomic E-state index is 0.214. The molecule has 3 aromatic carbocycles. The lowest BCUT2D eigenvalue weighted by molar-refractivity contribution is -0.145. The van der Waals surface area contributed by atoms with Gasteiger partial charge in [-0.05, 0) is 34.9 Å². The second kappa shape index (κ2) is 12.8. The highest BCUT2D eigenvalue weighted by Gasteiger charge is 2.29.